The zero-order chi connectivity index (χ0) is 12.0. The van der Waals surface area contributed by atoms with Crippen LogP contribution in [0.2, 0.25) is 0 Å². The van der Waals surface area contributed by atoms with Gasteiger partial charge in [0.2, 0.25) is 0 Å². The van der Waals surface area contributed by atoms with Crippen molar-refractivity contribution < 1.29 is 0 Å². The fourth-order valence-corrected chi connectivity index (χ4v) is 1.55. The van der Waals surface area contributed by atoms with Crippen molar-refractivity contribution in [1.29, 1.82) is 5.26 Å². The van der Waals surface area contributed by atoms with Crippen LogP contribution in [0.1, 0.15) is 30.9 Å². The van der Waals surface area contributed by atoms with E-state index in [1.165, 1.54) is 0 Å². The number of terminal acetylenes is 1. The second kappa shape index (κ2) is 5.83. The maximum Gasteiger partial charge on any atom is 0.0994 e. The fourth-order valence-electron chi connectivity index (χ4n) is 1.55. The summed E-state index contributed by atoms with van der Waals surface area (Å²) in [5.41, 5.74) is 2.73. The van der Waals surface area contributed by atoms with Gasteiger partial charge in [0, 0.05) is 18.2 Å². The van der Waals surface area contributed by atoms with Crippen LogP contribution in [0.4, 0.5) is 5.69 Å². The second-order valence-corrected chi connectivity index (χ2v) is 3.80. The van der Waals surface area contributed by atoms with Gasteiger partial charge in [-0.2, -0.15) is 5.26 Å². The SMILES string of the molecule is C#CCC(CC)Nc1ccc(C#N)c(C)c1. The third kappa shape index (κ3) is 3.04. The molecule has 1 N–H and O–H groups in total. The normalized spacial score (nSPS) is 11.2. The van der Waals surface area contributed by atoms with E-state index in [4.69, 9.17) is 11.7 Å². The number of benzene rings is 1. The topological polar surface area (TPSA) is 35.8 Å². The fraction of sp³-hybridized carbons (Fsp3) is 0.357. The molecule has 0 radical (unpaired) electrons. The third-order valence-electron chi connectivity index (χ3n) is 2.57. The number of nitrogens with one attached hydrogen (secondary N) is 1. The molecule has 82 valence electrons. The van der Waals surface area contributed by atoms with E-state index in [2.05, 4.69) is 24.2 Å². The van der Waals surface area contributed by atoms with Gasteiger partial charge < -0.3 is 5.32 Å². The summed E-state index contributed by atoms with van der Waals surface area (Å²) < 4.78 is 0. The summed E-state index contributed by atoms with van der Waals surface area (Å²) >= 11 is 0. The number of anilines is 1. The number of hydrogen-bond donors (Lipinski definition) is 1. The summed E-state index contributed by atoms with van der Waals surface area (Å²) in [5.74, 6) is 2.66. The highest BCUT2D eigenvalue weighted by Gasteiger charge is 2.05. The van der Waals surface area contributed by atoms with Gasteiger partial charge in [0.15, 0.2) is 0 Å². The van der Waals surface area contributed by atoms with Gasteiger partial charge in [0.05, 0.1) is 11.6 Å². The summed E-state index contributed by atoms with van der Waals surface area (Å²) in [6.07, 6.45) is 7.01. The Bertz CT molecular complexity index is 435. The average Bonchev–Trinajstić information content (AvgIpc) is 2.28. The van der Waals surface area contributed by atoms with Crippen LogP contribution < -0.4 is 5.32 Å². The monoisotopic (exact) mass is 212 g/mol. The molecule has 16 heavy (non-hydrogen) atoms. The van der Waals surface area contributed by atoms with E-state index in [1.807, 2.05) is 25.1 Å². The van der Waals surface area contributed by atoms with Crippen molar-refractivity contribution in [1.82, 2.24) is 0 Å². The Kier molecular flexibility index (Phi) is 4.42. The first kappa shape index (κ1) is 12.1. The first-order valence-electron chi connectivity index (χ1n) is 5.42. The molecular formula is C14H16N2. The van der Waals surface area contributed by atoms with Crippen molar-refractivity contribution in [2.75, 3.05) is 5.32 Å². The molecule has 0 fully saturated rings. The minimum atomic E-state index is 0.303. The van der Waals surface area contributed by atoms with Crippen molar-refractivity contribution in [2.24, 2.45) is 0 Å². The van der Waals surface area contributed by atoms with Crippen LogP contribution in [0.5, 0.6) is 0 Å². The molecule has 1 aromatic carbocycles. The smallest absolute Gasteiger partial charge is 0.0994 e. The van der Waals surface area contributed by atoms with Gasteiger partial charge in [-0.1, -0.05) is 6.92 Å². The van der Waals surface area contributed by atoms with Crippen molar-refractivity contribution in [2.45, 2.75) is 32.7 Å². The Morgan fingerprint density at radius 3 is 2.75 bits per heavy atom. The van der Waals surface area contributed by atoms with Gasteiger partial charge in [0.25, 0.3) is 0 Å². The van der Waals surface area contributed by atoms with Crippen LogP contribution >= 0.6 is 0 Å². The molecular weight excluding hydrogens is 196 g/mol. The second-order valence-electron chi connectivity index (χ2n) is 3.80. The average molecular weight is 212 g/mol. The molecule has 0 aromatic heterocycles. The van der Waals surface area contributed by atoms with Gasteiger partial charge >= 0.3 is 0 Å². The van der Waals surface area contributed by atoms with Crippen LogP contribution in [0, 0.1) is 30.6 Å². The largest absolute Gasteiger partial charge is 0.381 e. The molecule has 1 aromatic rings. The van der Waals surface area contributed by atoms with Gasteiger partial charge in [-0.05, 0) is 37.1 Å². The van der Waals surface area contributed by atoms with E-state index in [9.17, 15) is 0 Å². The lowest BCUT2D eigenvalue weighted by Gasteiger charge is -2.16. The van der Waals surface area contributed by atoms with Gasteiger partial charge in [-0.25, -0.2) is 0 Å². The molecule has 0 aliphatic heterocycles. The molecule has 0 aliphatic rings. The molecule has 1 rings (SSSR count). The lowest BCUT2D eigenvalue weighted by Crippen LogP contribution is -2.17. The number of nitrogens with zero attached hydrogens (tertiary/aromatic N) is 1. The van der Waals surface area contributed by atoms with Crippen molar-refractivity contribution in [3.05, 3.63) is 29.3 Å². The van der Waals surface area contributed by atoms with E-state index >= 15 is 0 Å². The molecule has 0 saturated heterocycles. The first-order chi connectivity index (χ1) is 7.71. The van der Waals surface area contributed by atoms with Crippen LogP contribution in [0.25, 0.3) is 0 Å². The third-order valence-corrected chi connectivity index (χ3v) is 2.57. The molecule has 1 unspecified atom stereocenters. The minimum Gasteiger partial charge on any atom is -0.381 e. The Labute approximate surface area is 97.3 Å². The zero-order valence-corrected chi connectivity index (χ0v) is 9.75. The molecule has 2 heteroatoms. The van der Waals surface area contributed by atoms with E-state index in [0.29, 0.717) is 6.04 Å². The van der Waals surface area contributed by atoms with Gasteiger partial charge in [-0.15, -0.1) is 12.3 Å². The van der Waals surface area contributed by atoms with Crippen LogP contribution in [0.15, 0.2) is 18.2 Å². The highest BCUT2D eigenvalue weighted by atomic mass is 14.9. The number of hydrogen-bond acceptors (Lipinski definition) is 2. The van der Waals surface area contributed by atoms with E-state index < -0.39 is 0 Å². The predicted octanol–water partition coefficient (Wildman–Crippen LogP) is 3.08. The predicted molar refractivity (Wildman–Crippen MR) is 67.0 cm³/mol. The summed E-state index contributed by atoms with van der Waals surface area (Å²) in [4.78, 5) is 0. The molecule has 0 saturated carbocycles. The highest BCUT2D eigenvalue weighted by Crippen LogP contribution is 2.16. The van der Waals surface area contributed by atoms with Crippen LogP contribution in [0.3, 0.4) is 0 Å². The number of rotatable bonds is 4. The maximum atomic E-state index is 8.82. The Morgan fingerprint density at radius 1 is 1.50 bits per heavy atom. The summed E-state index contributed by atoms with van der Waals surface area (Å²) in [6, 6.07) is 8.20. The zero-order valence-electron chi connectivity index (χ0n) is 9.75. The summed E-state index contributed by atoms with van der Waals surface area (Å²) in [6.45, 7) is 4.04. The van der Waals surface area contributed by atoms with E-state index in [-0.39, 0.29) is 0 Å². The quantitative estimate of drug-likeness (QED) is 0.778. The van der Waals surface area contributed by atoms with E-state index in [0.717, 1.165) is 29.7 Å². The lowest BCUT2D eigenvalue weighted by molar-refractivity contribution is 0.715. The minimum absolute atomic E-state index is 0.303. The highest BCUT2D eigenvalue weighted by molar-refractivity contribution is 5.52. The standard InChI is InChI=1S/C14H16N2/c1-4-6-13(5-2)16-14-8-7-12(10-15)11(3)9-14/h1,7-9,13,16H,5-6H2,2-3H3. The maximum absolute atomic E-state index is 8.82. The molecule has 0 heterocycles. The first-order valence-corrected chi connectivity index (χ1v) is 5.42. The summed E-state index contributed by atoms with van der Waals surface area (Å²) in [5, 5.41) is 12.2. The number of aryl methyl sites for hydroxylation is 1. The summed E-state index contributed by atoms with van der Waals surface area (Å²) in [7, 11) is 0. The van der Waals surface area contributed by atoms with Crippen molar-refractivity contribution >= 4 is 5.69 Å². The van der Waals surface area contributed by atoms with Crippen molar-refractivity contribution in [3.8, 4) is 18.4 Å². The van der Waals surface area contributed by atoms with Gasteiger partial charge in [-0.3, -0.25) is 0 Å². The molecule has 0 aliphatic carbocycles. The molecule has 0 spiro atoms. The Hall–Kier alpha value is -1.93. The van der Waals surface area contributed by atoms with E-state index in [1.54, 1.807) is 0 Å². The molecule has 0 amide bonds. The van der Waals surface area contributed by atoms with Crippen molar-refractivity contribution in [3.63, 3.8) is 0 Å². The molecule has 1 atom stereocenters. The van der Waals surface area contributed by atoms with Gasteiger partial charge in [0.1, 0.15) is 0 Å². The number of nitriles is 1. The van der Waals surface area contributed by atoms with Crippen LogP contribution in [-0.4, -0.2) is 6.04 Å². The Balaban J connectivity index is 2.79. The lowest BCUT2D eigenvalue weighted by atomic mass is 10.1. The molecule has 0 bridgehead atoms. The molecule has 2 nitrogen and oxygen atoms in total. The Morgan fingerprint density at radius 2 is 2.25 bits per heavy atom. The van der Waals surface area contributed by atoms with Crippen LogP contribution in [-0.2, 0) is 0 Å².